The minimum absolute atomic E-state index is 0.850. The summed E-state index contributed by atoms with van der Waals surface area (Å²) in [6.45, 7) is 2.07. The van der Waals surface area contributed by atoms with Gasteiger partial charge in [-0.05, 0) is 6.92 Å². The Morgan fingerprint density at radius 1 is 1.23 bits per heavy atom. The molecule has 13 heavy (non-hydrogen) atoms. The van der Waals surface area contributed by atoms with Gasteiger partial charge in [-0.3, -0.25) is 5.43 Å². The Hall–Kier alpha value is -1.55. The van der Waals surface area contributed by atoms with Crippen LogP contribution in [0.4, 0.5) is 0 Å². The van der Waals surface area contributed by atoms with Gasteiger partial charge in [-0.2, -0.15) is 0 Å². The molecule has 1 aromatic rings. The van der Waals surface area contributed by atoms with Crippen molar-refractivity contribution in [2.75, 3.05) is 7.05 Å². The molecule has 2 rings (SSSR count). The third kappa shape index (κ3) is 1.62. The Labute approximate surface area is 77.2 Å². The Balaban J connectivity index is 2.22. The molecule has 1 aromatic carbocycles. The Morgan fingerprint density at radius 3 is 2.46 bits per heavy atom. The molecule has 68 valence electrons. The van der Waals surface area contributed by atoms with Gasteiger partial charge in [0.25, 0.3) is 0 Å². The van der Waals surface area contributed by atoms with Crippen LogP contribution in [0.15, 0.2) is 29.4 Å². The molecule has 4 nitrogen and oxygen atoms in total. The number of hydrogen-bond donors (Lipinski definition) is 2. The first-order valence-corrected chi connectivity index (χ1v) is 4.16. The summed E-state index contributed by atoms with van der Waals surface area (Å²) in [6.07, 6.45) is 0. The number of nitrogens with one attached hydrogen (secondary N) is 2. The van der Waals surface area contributed by atoms with Crippen molar-refractivity contribution in [2.24, 2.45) is 5.10 Å². The van der Waals surface area contributed by atoms with Gasteiger partial charge in [-0.1, -0.05) is 29.8 Å². The first kappa shape index (κ1) is 8.07. The monoisotopic (exact) mass is 176 g/mol. The van der Waals surface area contributed by atoms with Crippen molar-refractivity contribution in [3.05, 3.63) is 35.4 Å². The minimum atomic E-state index is 0.850. The lowest BCUT2D eigenvalue weighted by atomic mass is 10.1. The molecule has 0 aliphatic carbocycles. The first-order valence-electron chi connectivity index (χ1n) is 4.16. The molecule has 0 saturated heterocycles. The van der Waals surface area contributed by atoms with E-state index in [4.69, 9.17) is 0 Å². The fraction of sp³-hybridized carbons (Fsp3) is 0.222. The maximum atomic E-state index is 4.10. The molecule has 0 amide bonds. The lowest BCUT2D eigenvalue weighted by Crippen LogP contribution is -2.37. The summed E-state index contributed by atoms with van der Waals surface area (Å²) < 4.78 is 0. The van der Waals surface area contributed by atoms with Gasteiger partial charge < -0.3 is 0 Å². The molecule has 0 saturated carbocycles. The maximum Gasteiger partial charge on any atom is 0.170 e. The third-order valence-electron chi connectivity index (χ3n) is 1.91. The summed E-state index contributed by atoms with van der Waals surface area (Å²) >= 11 is 0. The van der Waals surface area contributed by atoms with Crippen LogP contribution in [-0.4, -0.2) is 18.0 Å². The molecule has 0 fully saturated rings. The van der Waals surface area contributed by atoms with Crippen LogP contribution in [0.25, 0.3) is 0 Å². The zero-order valence-electron chi connectivity index (χ0n) is 7.70. The quantitative estimate of drug-likeness (QED) is 0.658. The standard InChI is InChI=1S/C9H12N4/c1-7-3-5-8(6-4-7)9-10-12-13(2)11-9/h3-6,12H,1-2H3,(H,10,11). The summed E-state index contributed by atoms with van der Waals surface area (Å²) in [7, 11) is 1.87. The topological polar surface area (TPSA) is 39.7 Å². The number of aryl methyl sites for hydroxylation is 1. The molecule has 1 heterocycles. The van der Waals surface area contributed by atoms with Gasteiger partial charge in [-0.25, -0.2) is 5.53 Å². The van der Waals surface area contributed by atoms with Gasteiger partial charge in [0.2, 0.25) is 0 Å². The zero-order valence-corrected chi connectivity index (χ0v) is 7.70. The number of benzene rings is 1. The smallest absolute Gasteiger partial charge is 0.170 e. The fourth-order valence-electron chi connectivity index (χ4n) is 1.17. The van der Waals surface area contributed by atoms with E-state index in [0.29, 0.717) is 0 Å². The second-order valence-corrected chi connectivity index (χ2v) is 3.10. The summed E-state index contributed by atoms with van der Waals surface area (Å²) in [5, 5.41) is 5.80. The van der Waals surface area contributed by atoms with Crippen LogP contribution in [0.1, 0.15) is 11.1 Å². The lowest BCUT2D eigenvalue weighted by Gasteiger charge is -2.07. The Bertz CT molecular complexity index is 328. The van der Waals surface area contributed by atoms with Crippen LogP contribution in [0, 0.1) is 6.92 Å². The number of nitrogens with zero attached hydrogens (tertiary/aromatic N) is 2. The van der Waals surface area contributed by atoms with Crippen molar-refractivity contribution >= 4 is 5.84 Å². The van der Waals surface area contributed by atoms with Gasteiger partial charge in [0.05, 0.1) is 0 Å². The normalized spacial score (nSPS) is 16.3. The number of hydrazone groups is 1. The SMILES string of the molecule is Cc1ccc(C2=NNN(C)N2)cc1. The summed E-state index contributed by atoms with van der Waals surface area (Å²) in [5.41, 5.74) is 8.19. The predicted molar refractivity (Wildman–Crippen MR) is 51.8 cm³/mol. The van der Waals surface area contributed by atoms with Crippen molar-refractivity contribution in [2.45, 2.75) is 6.92 Å². The second kappa shape index (κ2) is 3.06. The fourth-order valence-corrected chi connectivity index (χ4v) is 1.17. The molecule has 2 N–H and O–H groups in total. The average Bonchev–Trinajstić information content (AvgIpc) is 2.53. The molecule has 0 spiro atoms. The summed E-state index contributed by atoms with van der Waals surface area (Å²) in [5.74, 6) is 0.850. The van der Waals surface area contributed by atoms with Crippen molar-refractivity contribution in [3.8, 4) is 0 Å². The van der Waals surface area contributed by atoms with E-state index < -0.39 is 0 Å². The van der Waals surface area contributed by atoms with Crippen molar-refractivity contribution in [3.63, 3.8) is 0 Å². The van der Waals surface area contributed by atoms with E-state index in [2.05, 4.69) is 35.1 Å². The molecular weight excluding hydrogens is 164 g/mol. The van der Waals surface area contributed by atoms with Crippen LogP contribution in [0.5, 0.6) is 0 Å². The minimum Gasteiger partial charge on any atom is -0.282 e. The third-order valence-corrected chi connectivity index (χ3v) is 1.91. The van der Waals surface area contributed by atoms with E-state index in [0.717, 1.165) is 11.4 Å². The van der Waals surface area contributed by atoms with Gasteiger partial charge >= 0.3 is 0 Å². The van der Waals surface area contributed by atoms with Gasteiger partial charge in [0.1, 0.15) is 0 Å². The molecule has 0 atom stereocenters. The highest BCUT2D eigenvalue weighted by atomic mass is 15.9. The van der Waals surface area contributed by atoms with Crippen molar-refractivity contribution in [1.29, 1.82) is 0 Å². The highest BCUT2D eigenvalue weighted by molar-refractivity contribution is 5.98. The largest absolute Gasteiger partial charge is 0.282 e. The highest BCUT2D eigenvalue weighted by Crippen LogP contribution is 2.04. The van der Waals surface area contributed by atoms with Crippen LogP contribution < -0.4 is 11.0 Å². The van der Waals surface area contributed by atoms with Gasteiger partial charge in [0, 0.05) is 12.6 Å². The van der Waals surface area contributed by atoms with Gasteiger partial charge in [-0.15, -0.1) is 10.2 Å². The summed E-state index contributed by atoms with van der Waals surface area (Å²) in [6, 6.07) is 8.22. The molecule has 0 aromatic heterocycles. The summed E-state index contributed by atoms with van der Waals surface area (Å²) in [4.78, 5) is 0. The van der Waals surface area contributed by atoms with Crippen molar-refractivity contribution in [1.82, 2.24) is 16.1 Å². The molecule has 0 radical (unpaired) electrons. The van der Waals surface area contributed by atoms with Crippen molar-refractivity contribution < 1.29 is 0 Å². The van der Waals surface area contributed by atoms with E-state index in [1.807, 2.05) is 19.2 Å². The zero-order chi connectivity index (χ0) is 9.26. The molecular formula is C9H12N4. The van der Waals surface area contributed by atoms with Crippen LogP contribution in [0.2, 0.25) is 0 Å². The van der Waals surface area contributed by atoms with Crippen LogP contribution >= 0.6 is 0 Å². The highest BCUT2D eigenvalue weighted by Gasteiger charge is 2.10. The molecule has 4 heteroatoms. The van der Waals surface area contributed by atoms with E-state index in [9.17, 15) is 0 Å². The maximum absolute atomic E-state index is 4.10. The molecule has 1 aliphatic heterocycles. The number of hydrazine groups is 2. The number of amidine groups is 1. The van der Waals surface area contributed by atoms with Gasteiger partial charge in [0.15, 0.2) is 5.84 Å². The predicted octanol–water partition coefficient (Wildman–Crippen LogP) is 0.611. The van der Waals surface area contributed by atoms with Crippen LogP contribution in [0.3, 0.4) is 0 Å². The second-order valence-electron chi connectivity index (χ2n) is 3.10. The number of rotatable bonds is 1. The van der Waals surface area contributed by atoms with Crippen LogP contribution in [-0.2, 0) is 0 Å². The van der Waals surface area contributed by atoms with E-state index >= 15 is 0 Å². The van der Waals surface area contributed by atoms with E-state index in [1.165, 1.54) is 5.56 Å². The molecule has 0 unspecified atom stereocenters. The number of hydrogen-bond acceptors (Lipinski definition) is 4. The van der Waals surface area contributed by atoms with E-state index in [1.54, 1.807) is 5.12 Å². The molecule has 1 aliphatic rings. The Morgan fingerprint density at radius 2 is 1.92 bits per heavy atom. The Kier molecular flexibility index (Phi) is 1.90. The molecule has 0 bridgehead atoms. The first-order chi connectivity index (χ1) is 6.25. The average molecular weight is 176 g/mol. The van der Waals surface area contributed by atoms with E-state index in [-0.39, 0.29) is 0 Å². The lowest BCUT2D eigenvalue weighted by molar-refractivity contribution is 0.232.